The van der Waals surface area contributed by atoms with Gasteiger partial charge in [0.1, 0.15) is 5.78 Å². The molecule has 1 amide bonds. The number of rotatable bonds is 4. The number of Topliss-reactive ketones (excluding diaryl/α,β-unsaturated/α-hetero) is 1. The number of hydrogen-bond donors (Lipinski definition) is 1. The van der Waals surface area contributed by atoms with Gasteiger partial charge >= 0.3 is 0 Å². The van der Waals surface area contributed by atoms with Crippen LogP contribution in [0.25, 0.3) is 0 Å². The van der Waals surface area contributed by atoms with Crippen molar-refractivity contribution in [1.82, 2.24) is 4.90 Å². The number of nitrogens with zero attached hydrogens (tertiary/aromatic N) is 1. The van der Waals surface area contributed by atoms with Gasteiger partial charge < -0.3 is 14.8 Å². The first kappa shape index (κ1) is 11.2. The Balaban J connectivity index is 2.39. The molecule has 80 valence electrons. The van der Waals surface area contributed by atoms with Crippen molar-refractivity contribution >= 4 is 11.7 Å². The third-order valence-corrected chi connectivity index (χ3v) is 2.60. The molecule has 0 aromatic rings. The maximum Gasteiger partial charge on any atom is 0.223 e. The summed E-state index contributed by atoms with van der Waals surface area (Å²) in [4.78, 5) is 24.0. The van der Waals surface area contributed by atoms with Gasteiger partial charge in [-0.3, -0.25) is 4.79 Å². The number of ketones is 1. The minimum Gasteiger partial charge on any atom is -0.394 e. The van der Waals surface area contributed by atoms with Crippen LogP contribution in [0.1, 0.15) is 32.6 Å². The molecule has 0 radical (unpaired) electrons. The molecule has 0 unspecified atom stereocenters. The molecule has 1 N–H and O–H groups in total. The molecule has 0 aromatic heterocycles. The normalized spacial score (nSPS) is 21.3. The maximum absolute atomic E-state index is 11.6. The predicted molar refractivity (Wildman–Crippen MR) is 51.7 cm³/mol. The van der Waals surface area contributed by atoms with Gasteiger partial charge in [0, 0.05) is 19.4 Å². The van der Waals surface area contributed by atoms with E-state index in [1.807, 2.05) is 0 Å². The molecule has 1 rings (SSSR count). The van der Waals surface area contributed by atoms with E-state index in [0.717, 1.165) is 19.4 Å². The summed E-state index contributed by atoms with van der Waals surface area (Å²) in [6.07, 6.45) is 2.43. The topological polar surface area (TPSA) is 57.6 Å². The van der Waals surface area contributed by atoms with Gasteiger partial charge in [-0.25, -0.2) is 0 Å². The van der Waals surface area contributed by atoms with Crippen molar-refractivity contribution in [2.45, 2.75) is 38.6 Å². The number of amides is 1. The van der Waals surface area contributed by atoms with Gasteiger partial charge in [0.15, 0.2) is 0 Å². The summed E-state index contributed by atoms with van der Waals surface area (Å²) in [6, 6.07) is -0.0190. The molecule has 1 heterocycles. The van der Waals surface area contributed by atoms with E-state index in [1.54, 1.807) is 4.90 Å². The highest BCUT2D eigenvalue weighted by molar-refractivity contribution is 5.83. The van der Waals surface area contributed by atoms with E-state index in [-0.39, 0.29) is 30.8 Å². The van der Waals surface area contributed by atoms with E-state index in [4.69, 9.17) is 5.11 Å². The van der Waals surface area contributed by atoms with Gasteiger partial charge in [-0.15, -0.1) is 0 Å². The Bertz CT molecular complexity index is 227. The molecule has 0 bridgehead atoms. The third-order valence-electron chi connectivity index (χ3n) is 2.60. The van der Waals surface area contributed by atoms with E-state index < -0.39 is 0 Å². The van der Waals surface area contributed by atoms with Crippen LogP contribution in [0.2, 0.25) is 0 Å². The molecular weight excluding hydrogens is 182 g/mol. The highest BCUT2D eigenvalue weighted by atomic mass is 16.3. The second-order valence-corrected chi connectivity index (χ2v) is 3.77. The second-order valence-electron chi connectivity index (χ2n) is 3.77. The van der Waals surface area contributed by atoms with Gasteiger partial charge in [0.25, 0.3) is 0 Å². The molecule has 0 aromatic carbocycles. The van der Waals surface area contributed by atoms with Crippen LogP contribution in [-0.4, -0.2) is 40.9 Å². The van der Waals surface area contributed by atoms with Gasteiger partial charge in [0.2, 0.25) is 5.91 Å². The second kappa shape index (κ2) is 5.10. The van der Waals surface area contributed by atoms with Crippen molar-refractivity contribution < 1.29 is 14.7 Å². The molecule has 1 saturated heterocycles. The lowest BCUT2D eigenvalue weighted by Gasteiger charge is -2.22. The molecule has 0 spiro atoms. The Hall–Kier alpha value is -0.900. The lowest BCUT2D eigenvalue weighted by atomic mass is 10.2. The fourth-order valence-corrected chi connectivity index (χ4v) is 1.78. The van der Waals surface area contributed by atoms with Gasteiger partial charge in [-0.05, 0) is 19.8 Å². The maximum atomic E-state index is 11.6. The molecule has 14 heavy (non-hydrogen) atoms. The van der Waals surface area contributed by atoms with Crippen molar-refractivity contribution in [1.29, 1.82) is 0 Å². The Morgan fingerprint density at radius 2 is 2.14 bits per heavy atom. The number of carbonyl (C=O) groups excluding carboxylic acids is 2. The molecule has 1 atom stereocenters. The van der Waals surface area contributed by atoms with E-state index in [1.165, 1.54) is 6.92 Å². The fourth-order valence-electron chi connectivity index (χ4n) is 1.78. The van der Waals surface area contributed by atoms with E-state index in [9.17, 15) is 9.59 Å². The van der Waals surface area contributed by atoms with Crippen molar-refractivity contribution in [3.8, 4) is 0 Å². The molecule has 1 aliphatic heterocycles. The first-order chi connectivity index (χ1) is 6.65. The van der Waals surface area contributed by atoms with Crippen LogP contribution in [0, 0.1) is 0 Å². The summed E-state index contributed by atoms with van der Waals surface area (Å²) in [5, 5.41) is 9.00. The van der Waals surface area contributed by atoms with Crippen molar-refractivity contribution in [3.05, 3.63) is 0 Å². The minimum atomic E-state index is -0.0190. The summed E-state index contributed by atoms with van der Waals surface area (Å²) in [5.41, 5.74) is 0. The fraction of sp³-hybridized carbons (Fsp3) is 0.800. The Morgan fingerprint density at radius 1 is 1.43 bits per heavy atom. The molecule has 1 aliphatic rings. The summed E-state index contributed by atoms with van der Waals surface area (Å²) in [6.45, 7) is 2.24. The predicted octanol–water partition coefficient (Wildman–Crippen LogP) is 0.339. The first-order valence-electron chi connectivity index (χ1n) is 5.05. The zero-order chi connectivity index (χ0) is 10.6. The lowest BCUT2D eigenvalue weighted by molar-refractivity contribution is -0.134. The standard InChI is InChI=1S/C10H17NO3/c1-8(13)4-5-10(14)11-6-2-3-9(11)7-12/h9,12H,2-7H2,1H3/t9-/m1/s1. The Morgan fingerprint density at radius 3 is 2.71 bits per heavy atom. The number of likely N-dealkylation sites (tertiary alicyclic amines) is 1. The number of hydrogen-bond acceptors (Lipinski definition) is 3. The lowest BCUT2D eigenvalue weighted by Crippen LogP contribution is -2.37. The molecule has 0 aliphatic carbocycles. The Labute approximate surface area is 83.9 Å². The van der Waals surface area contributed by atoms with Crippen LogP contribution < -0.4 is 0 Å². The summed E-state index contributed by atoms with van der Waals surface area (Å²) >= 11 is 0. The number of aliphatic hydroxyl groups excluding tert-OH is 1. The summed E-state index contributed by atoms with van der Waals surface area (Å²) < 4.78 is 0. The van der Waals surface area contributed by atoms with Gasteiger partial charge in [0.05, 0.1) is 12.6 Å². The van der Waals surface area contributed by atoms with Crippen LogP contribution in [-0.2, 0) is 9.59 Å². The molecule has 4 heteroatoms. The highest BCUT2D eigenvalue weighted by Crippen LogP contribution is 2.17. The van der Waals surface area contributed by atoms with E-state index in [0.29, 0.717) is 6.42 Å². The van der Waals surface area contributed by atoms with Gasteiger partial charge in [-0.2, -0.15) is 0 Å². The number of carbonyl (C=O) groups is 2. The molecule has 4 nitrogen and oxygen atoms in total. The average Bonchev–Trinajstić information content (AvgIpc) is 2.61. The zero-order valence-corrected chi connectivity index (χ0v) is 8.53. The largest absolute Gasteiger partial charge is 0.394 e. The third kappa shape index (κ3) is 2.80. The SMILES string of the molecule is CC(=O)CCC(=O)N1CCC[C@@H]1CO. The zero-order valence-electron chi connectivity index (χ0n) is 8.53. The van der Waals surface area contributed by atoms with Crippen molar-refractivity contribution in [2.24, 2.45) is 0 Å². The number of aliphatic hydroxyl groups is 1. The Kier molecular flexibility index (Phi) is 4.07. The van der Waals surface area contributed by atoms with Crippen LogP contribution in [0.15, 0.2) is 0 Å². The summed E-state index contributed by atoms with van der Waals surface area (Å²) in [7, 11) is 0. The van der Waals surface area contributed by atoms with Crippen LogP contribution >= 0.6 is 0 Å². The molecule has 0 saturated carbocycles. The van der Waals surface area contributed by atoms with E-state index in [2.05, 4.69) is 0 Å². The molecular formula is C10H17NO3. The van der Waals surface area contributed by atoms with Gasteiger partial charge in [-0.1, -0.05) is 0 Å². The van der Waals surface area contributed by atoms with Crippen molar-refractivity contribution in [2.75, 3.05) is 13.2 Å². The minimum absolute atomic E-state index is 0.00301. The highest BCUT2D eigenvalue weighted by Gasteiger charge is 2.27. The smallest absolute Gasteiger partial charge is 0.223 e. The van der Waals surface area contributed by atoms with Crippen LogP contribution in [0.4, 0.5) is 0 Å². The average molecular weight is 199 g/mol. The van der Waals surface area contributed by atoms with Crippen LogP contribution in [0.5, 0.6) is 0 Å². The van der Waals surface area contributed by atoms with E-state index >= 15 is 0 Å². The first-order valence-corrected chi connectivity index (χ1v) is 5.05. The van der Waals surface area contributed by atoms with Crippen LogP contribution in [0.3, 0.4) is 0 Å². The molecule has 1 fully saturated rings. The quantitative estimate of drug-likeness (QED) is 0.710. The monoisotopic (exact) mass is 199 g/mol. The summed E-state index contributed by atoms with van der Waals surface area (Å²) in [5.74, 6) is 0.0369. The van der Waals surface area contributed by atoms with Crippen molar-refractivity contribution in [3.63, 3.8) is 0 Å².